The second kappa shape index (κ2) is 6.57. The van der Waals surface area contributed by atoms with E-state index in [-0.39, 0.29) is 12.3 Å². The molecule has 0 fully saturated rings. The number of rotatable bonds is 6. The Labute approximate surface area is 111 Å². The molecule has 0 spiro atoms. The Kier molecular flexibility index (Phi) is 5.38. The van der Waals surface area contributed by atoms with Crippen LogP contribution in [0.15, 0.2) is 41.9 Å². The second-order valence-electron chi connectivity index (χ2n) is 3.52. The number of nitrogens with zero attached hydrogens (tertiary/aromatic N) is 1. The van der Waals surface area contributed by atoms with Crippen LogP contribution in [-0.2, 0) is 4.79 Å². The van der Waals surface area contributed by atoms with E-state index in [9.17, 15) is 4.79 Å². The summed E-state index contributed by atoms with van der Waals surface area (Å²) in [4.78, 5) is 12.8. The summed E-state index contributed by atoms with van der Waals surface area (Å²) < 4.78 is 0. The number of anilines is 1. The van der Waals surface area contributed by atoms with Crippen LogP contribution in [0.3, 0.4) is 0 Å². The van der Waals surface area contributed by atoms with Crippen molar-refractivity contribution in [3.63, 3.8) is 0 Å². The van der Waals surface area contributed by atoms with Gasteiger partial charge in [0.15, 0.2) is 0 Å². The normalized spacial score (nSPS) is 11.9. The van der Waals surface area contributed by atoms with Crippen LogP contribution in [0, 0.1) is 0 Å². The fourth-order valence-electron chi connectivity index (χ4n) is 1.50. The molecule has 3 nitrogen and oxygen atoms in total. The van der Waals surface area contributed by atoms with Crippen LogP contribution < -0.4 is 4.90 Å². The quantitative estimate of drug-likeness (QED) is 0.782. The van der Waals surface area contributed by atoms with Gasteiger partial charge in [-0.15, -0.1) is 0 Å². The van der Waals surface area contributed by atoms with E-state index in [4.69, 9.17) is 16.7 Å². The molecular formula is C12H14ClNO2S. The Morgan fingerprint density at radius 1 is 1.47 bits per heavy atom. The summed E-state index contributed by atoms with van der Waals surface area (Å²) in [5, 5.41) is 9.55. The van der Waals surface area contributed by atoms with Crippen LogP contribution in [0.1, 0.15) is 0 Å². The number of carbonyl (C=O) groups is 1. The maximum atomic E-state index is 11.2. The molecule has 5 heteroatoms. The topological polar surface area (TPSA) is 40.5 Å². The van der Waals surface area contributed by atoms with Crippen LogP contribution in [-0.4, -0.2) is 29.4 Å². The summed E-state index contributed by atoms with van der Waals surface area (Å²) in [6, 6.07) is 8.50. The molecule has 0 aliphatic heterocycles. The largest absolute Gasteiger partial charge is 0.480 e. The second-order valence-corrected chi connectivity index (χ2v) is 4.42. The number of hydrogen-bond acceptors (Lipinski definition) is 3. The fraction of sp³-hybridized carbons (Fsp3) is 0.250. The molecule has 0 amide bonds. The van der Waals surface area contributed by atoms with Crippen molar-refractivity contribution in [3.8, 4) is 0 Å². The van der Waals surface area contributed by atoms with Crippen molar-refractivity contribution in [1.29, 1.82) is 0 Å². The number of halogens is 1. The molecular weight excluding hydrogens is 258 g/mol. The minimum Gasteiger partial charge on any atom is -0.480 e. The molecule has 1 aromatic carbocycles. The maximum absolute atomic E-state index is 11.2. The lowest BCUT2D eigenvalue weighted by molar-refractivity contribution is -0.138. The number of aliphatic carboxylic acids is 1. The zero-order valence-electron chi connectivity index (χ0n) is 9.21. The SMILES string of the molecule is C=C(Cl)CN(c1ccccc1)C(CS)C(=O)O. The van der Waals surface area contributed by atoms with Crippen molar-refractivity contribution >= 4 is 35.9 Å². The molecule has 0 bridgehead atoms. The number of thiol groups is 1. The van der Waals surface area contributed by atoms with Crippen molar-refractivity contribution in [2.75, 3.05) is 17.2 Å². The van der Waals surface area contributed by atoms with E-state index in [2.05, 4.69) is 19.2 Å². The van der Waals surface area contributed by atoms with Gasteiger partial charge in [0.1, 0.15) is 6.04 Å². The van der Waals surface area contributed by atoms with Gasteiger partial charge < -0.3 is 10.0 Å². The van der Waals surface area contributed by atoms with Crippen LogP contribution in [0.25, 0.3) is 0 Å². The van der Waals surface area contributed by atoms with E-state index >= 15 is 0 Å². The van der Waals surface area contributed by atoms with Gasteiger partial charge in [0.25, 0.3) is 0 Å². The Balaban J connectivity index is 3.02. The molecule has 0 radical (unpaired) electrons. The first-order chi connectivity index (χ1) is 8.06. The highest BCUT2D eigenvalue weighted by Gasteiger charge is 2.24. The lowest BCUT2D eigenvalue weighted by atomic mass is 10.2. The summed E-state index contributed by atoms with van der Waals surface area (Å²) in [7, 11) is 0. The third-order valence-corrected chi connectivity index (χ3v) is 2.73. The molecule has 1 aromatic rings. The summed E-state index contributed by atoms with van der Waals surface area (Å²) in [5.74, 6) is -0.726. The molecule has 1 N–H and O–H groups in total. The molecule has 0 aromatic heterocycles. The zero-order chi connectivity index (χ0) is 12.8. The van der Waals surface area contributed by atoms with Crippen molar-refractivity contribution in [3.05, 3.63) is 41.9 Å². The zero-order valence-corrected chi connectivity index (χ0v) is 10.9. The Morgan fingerprint density at radius 3 is 2.47 bits per heavy atom. The minimum atomic E-state index is -0.929. The third-order valence-electron chi connectivity index (χ3n) is 2.26. The Hall–Kier alpha value is -1.13. The van der Waals surface area contributed by atoms with Crippen LogP contribution in [0.4, 0.5) is 5.69 Å². The Bertz CT molecular complexity index is 397. The van der Waals surface area contributed by atoms with Crippen LogP contribution in [0.2, 0.25) is 0 Å². The summed E-state index contributed by atoms with van der Waals surface area (Å²) in [6.07, 6.45) is 0. The van der Waals surface area contributed by atoms with E-state index in [0.29, 0.717) is 5.03 Å². The predicted octanol–water partition coefficient (Wildman–Crippen LogP) is 2.63. The predicted molar refractivity (Wildman–Crippen MR) is 74.1 cm³/mol. The van der Waals surface area contributed by atoms with Crippen molar-refractivity contribution in [1.82, 2.24) is 0 Å². The van der Waals surface area contributed by atoms with Crippen molar-refractivity contribution in [2.45, 2.75) is 6.04 Å². The van der Waals surface area contributed by atoms with E-state index in [0.717, 1.165) is 5.69 Å². The molecule has 1 unspecified atom stereocenters. The maximum Gasteiger partial charge on any atom is 0.327 e. The smallest absolute Gasteiger partial charge is 0.327 e. The number of carboxylic acids is 1. The highest BCUT2D eigenvalue weighted by molar-refractivity contribution is 7.80. The lowest BCUT2D eigenvalue weighted by Gasteiger charge is -2.29. The van der Waals surface area contributed by atoms with E-state index < -0.39 is 12.0 Å². The average molecular weight is 272 g/mol. The van der Waals surface area contributed by atoms with Gasteiger partial charge in [0.05, 0.1) is 6.54 Å². The van der Waals surface area contributed by atoms with Crippen LogP contribution >= 0.6 is 24.2 Å². The summed E-state index contributed by atoms with van der Waals surface area (Å²) >= 11 is 9.85. The van der Waals surface area contributed by atoms with Gasteiger partial charge in [-0.05, 0) is 12.1 Å². The van der Waals surface area contributed by atoms with E-state index in [1.165, 1.54) is 0 Å². The lowest BCUT2D eigenvalue weighted by Crippen LogP contribution is -2.43. The van der Waals surface area contributed by atoms with Gasteiger partial charge in [-0.1, -0.05) is 36.4 Å². The van der Waals surface area contributed by atoms with Gasteiger partial charge in [0, 0.05) is 16.5 Å². The van der Waals surface area contributed by atoms with E-state index in [1.54, 1.807) is 4.90 Å². The summed E-state index contributed by atoms with van der Waals surface area (Å²) in [6.45, 7) is 3.88. The fourth-order valence-corrected chi connectivity index (χ4v) is 1.98. The standard InChI is InChI=1S/C12H14ClNO2S/c1-9(13)7-14(11(8-17)12(15)16)10-5-3-2-4-6-10/h2-6,11,17H,1,7-8H2,(H,15,16). The number of benzene rings is 1. The molecule has 17 heavy (non-hydrogen) atoms. The first-order valence-electron chi connectivity index (χ1n) is 5.05. The van der Waals surface area contributed by atoms with Crippen molar-refractivity contribution in [2.24, 2.45) is 0 Å². The Morgan fingerprint density at radius 2 is 2.06 bits per heavy atom. The molecule has 0 aliphatic rings. The summed E-state index contributed by atoms with van der Waals surface area (Å²) in [5.41, 5.74) is 0.788. The van der Waals surface area contributed by atoms with E-state index in [1.807, 2.05) is 30.3 Å². The first kappa shape index (κ1) is 13.9. The van der Waals surface area contributed by atoms with Gasteiger partial charge >= 0.3 is 5.97 Å². The molecule has 0 saturated heterocycles. The minimum absolute atomic E-state index is 0.203. The van der Waals surface area contributed by atoms with Crippen LogP contribution in [0.5, 0.6) is 0 Å². The van der Waals surface area contributed by atoms with Gasteiger partial charge in [-0.2, -0.15) is 12.6 Å². The monoisotopic (exact) mass is 271 g/mol. The van der Waals surface area contributed by atoms with Crippen molar-refractivity contribution < 1.29 is 9.90 Å². The number of para-hydroxylation sites is 1. The molecule has 0 aliphatic carbocycles. The molecule has 1 rings (SSSR count). The average Bonchev–Trinajstić information content (AvgIpc) is 2.29. The first-order valence-corrected chi connectivity index (χ1v) is 6.06. The number of hydrogen-bond donors (Lipinski definition) is 2. The third kappa shape index (κ3) is 3.98. The highest BCUT2D eigenvalue weighted by atomic mass is 35.5. The molecule has 0 saturated carbocycles. The van der Waals surface area contributed by atoms with Gasteiger partial charge in [-0.25, -0.2) is 4.79 Å². The molecule has 92 valence electrons. The molecule has 0 heterocycles. The highest BCUT2D eigenvalue weighted by Crippen LogP contribution is 2.19. The van der Waals surface area contributed by atoms with Gasteiger partial charge in [-0.3, -0.25) is 0 Å². The van der Waals surface area contributed by atoms with Gasteiger partial charge in [0.2, 0.25) is 0 Å². The molecule has 1 atom stereocenters. The number of carboxylic acid groups (broad SMARTS) is 1.